The molecular weight excluding hydrogens is 260 g/mol. The van der Waals surface area contributed by atoms with Gasteiger partial charge in [-0.3, -0.25) is 4.79 Å². The molecule has 20 heavy (non-hydrogen) atoms. The first-order valence-electron chi connectivity index (χ1n) is 6.26. The molecule has 0 aliphatic heterocycles. The average Bonchev–Trinajstić information content (AvgIpc) is 2.84. The summed E-state index contributed by atoms with van der Waals surface area (Å²) in [4.78, 5) is 11.6. The number of benzene rings is 1. The highest BCUT2D eigenvalue weighted by molar-refractivity contribution is 5.90. The molecule has 0 bridgehead atoms. The molecule has 0 saturated carbocycles. The smallest absolute Gasteiger partial charge is 0.263 e. The highest BCUT2D eigenvalue weighted by Crippen LogP contribution is 2.17. The molecule has 0 unspecified atom stereocenters. The van der Waals surface area contributed by atoms with Gasteiger partial charge < -0.3 is 19.3 Å². The number of anilines is 1. The Labute approximate surface area is 116 Å². The maximum absolute atomic E-state index is 11.6. The van der Waals surface area contributed by atoms with Gasteiger partial charge in [0.25, 0.3) is 5.91 Å². The number of hydrogen-bond acceptors (Lipinski definition) is 5. The van der Waals surface area contributed by atoms with Crippen LogP contribution in [0.1, 0.15) is 12.7 Å². The van der Waals surface area contributed by atoms with E-state index in [1.54, 1.807) is 37.3 Å². The third-order valence-electron chi connectivity index (χ3n) is 2.40. The molecule has 1 amide bonds. The summed E-state index contributed by atoms with van der Waals surface area (Å²) in [5.41, 5.74) is 0. The molecule has 1 aromatic carbocycles. The fourth-order valence-corrected chi connectivity index (χ4v) is 1.55. The fourth-order valence-electron chi connectivity index (χ4n) is 1.55. The van der Waals surface area contributed by atoms with Crippen LogP contribution in [0.3, 0.4) is 0 Å². The largest absolute Gasteiger partial charge is 0.494 e. The number of aromatic nitrogens is 1. The van der Waals surface area contributed by atoms with E-state index in [-0.39, 0.29) is 12.5 Å². The number of aryl methyl sites for hydroxylation is 1. The van der Waals surface area contributed by atoms with Crippen LogP contribution in [0, 0.1) is 6.92 Å². The summed E-state index contributed by atoms with van der Waals surface area (Å²) in [6.45, 7) is 4.18. The first kappa shape index (κ1) is 13.9. The summed E-state index contributed by atoms with van der Waals surface area (Å²) < 4.78 is 15.5. The monoisotopic (exact) mass is 276 g/mol. The number of nitrogens with one attached hydrogen (secondary N) is 1. The van der Waals surface area contributed by atoms with Gasteiger partial charge >= 0.3 is 0 Å². The van der Waals surface area contributed by atoms with Gasteiger partial charge in [-0.2, -0.15) is 0 Å². The molecule has 2 aromatic rings. The molecule has 1 heterocycles. The minimum atomic E-state index is -0.299. The molecule has 1 N–H and O–H groups in total. The molecule has 2 rings (SSSR count). The number of hydrogen-bond donors (Lipinski definition) is 1. The summed E-state index contributed by atoms with van der Waals surface area (Å²) in [5, 5.41) is 6.23. The molecule has 0 spiro atoms. The number of amides is 1. The highest BCUT2D eigenvalue weighted by Gasteiger charge is 2.07. The maximum atomic E-state index is 11.6. The van der Waals surface area contributed by atoms with Gasteiger partial charge in [-0.1, -0.05) is 5.16 Å². The second kappa shape index (κ2) is 6.60. The van der Waals surface area contributed by atoms with Crippen LogP contribution in [0.15, 0.2) is 34.9 Å². The minimum absolute atomic E-state index is 0.0973. The third kappa shape index (κ3) is 4.01. The Morgan fingerprint density at radius 1 is 1.25 bits per heavy atom. The van der Waals surface area contributed by atoms with E-state index in [0.717, 1.165) is 5.75 Å². The summed E-state index contributed by atoms with van der Waals surface area (Å²) in [6, 6.07) is 8.71. The van der Waals surface area contributed by atoms with Gasteiger partial charge in [0.1, 0.15) is 17.3 Å². The average molecular weight is 276 g/mol. The molecule has 0 atom stereocenters. The fraction of sp³-hybridized carbons (Fsp3) is 0.286. The summed E-state index contributed by atoms with van der Waals surface area (Å²) >= 11 is 0. The molecule has 1 aromatic heterocycles. The van der Waals surface area contributed by atoms with Crippen molar-refractivity contribution >= 4 is 11.7 Å². The van der Waals surface area contributed by atoms with Crippen LogP contribution in [0.2, 0.25) is 0 Å². The van der Waals surface area contributed by atoms with E-state index in [2.05, 4.69) is 10.5 Å². The lowest BCUT2D eigenvalue weighted by atomic mass is 10.3. The topological polar surface area (TPSA) is 73.6 Å². The summed E-state index contributed by atoms with van der Waals surface area (Å²) in [6.07, 6.45) is 0. The zero-order valence-corrected chi connectivity index (χ0v) is 11.4. The van der Waals surface area contributed by atoms with Crippen molar-refractivity contribution in [2.75, 3.05) is 18.5 Å². The molecule has 0 fully saturated rings. The Kier molecular flexibility index (Phi) is 4.60. The van der Waals surface area contributed by atoms with Crippen molar-refractivity contribution in [1.29, 1.82) is 0 Å². The number of carbonyl (C=O) groups is 1. The van der Waals surface area contributed by atoms with E-state index >= 15 is 0 Å². The predicted molar refractivity (Wildman–Crippen MR) is 73.0 cm³/mol. The van der Waals surface area contributed by atoms with Gasteiger partial charge in [-0.25, -0.2) is 0 Å². The van der Waals surface area contributed by atoms with Gasteiger partial charge in [-0.05, 0) is 38.1 Å². The summed E-state index contributed by atoms with van der Waals surface area (Å²) in [7, 11) is 0. The van der Waals surface area contributed by atoms with Gasteiger partial charge in [0.2, 0.25) is 0 Å². The van der Waals surface area contributed by atoms with E-state index in [4.69, 9.17) is 14.0 Å². The molecule has 0 radical (unpaired) electrons. The lowest BCUT2D eigenvalue weighted by molar-refractivity contribution is -0.118. The minimum Gasteiger partial charge on any atom is -0.494 e. The molecule has 0 aliphatic carbocycles. The Bertz CT molecular complexity index is 563. The normalized spacial score (nSPS) is 10.1. The van der Waals surface area contributed by atoms with Crippen molar-refractivity contribution in [2.24, 2.45) is 0 Å². The molecular formula is C14H16N2O4. The lowest BCUT2D eigenvalue weighted by Crippen LogP contribution is -2.20. The quantitative estimate of drug-likeness (QED) is 0.877. The number of nitrogens with zero attached hydrogens (tertiary/aromatic N) is 1. The second-order valence-corrected chi connectivity index (χ2v) is 4.06. The van der Waals surface area contributed by atoms with Crippen LogP contribution in [-0.4, -0.2) is 24.3 Å². The zero-order valence-electron chi connectivity index (χ0n) is 11.4. The van der Waals surface area contributed by atoms with Crippen LogP contribution >= 0.6 is 0 Å². The number of carbonyl (C=O) groups excluding carboxylic acids is 1. The Morgan fingerprint density at radius 3 is 2.45 bits per heavy atom. The van der Waals surface area contributed by atoms with Crippen LogP contribution in [0.5, 0.6) is 11.5 Å². The second-order valence-electron chi connectivity index (χ2n) is 4.06. The number of ether oxygens (including phenoxy) is 2. The first-order chi connectivity index (χ1) is 9.67. The van der Waals surface area contributed by atoms with Crippen molar-refractivity contribution < 1.29 is 18.8 Å². The number of rotatable bonds is 6. The maximum Gasteiger partial charge on any atom is 0.263 e. The summed E-state index contributed by atoms with van der Waals surface area (Å²) in [5.74, 6) is 2.07. The van der Waals surface area contributed by atoms with Gasteiger partial charge in [0.15, 0.2) is 12.4 Å². The molecule has 106 valence electrons. The van der Waals surface area contributed by atoms with E-state index in [1.165, 1.54) is 0 Å². The van der Waals surface area contributed by atoms with Crippen molar-refractivity contribution in [3.05, 3.63) is 36.1 Å². The lowest BCUT2D eigenvalue weighted by Gasteiger charge is -2.07. The van der Waals surface area contributed by atoms with Gasteiger partial charge in [-0.15, -0.1) is 0 Å². The standard InChI is InChI=1S/C14H16N2O4/c1-3-18-11-4-6-12(7-5-11)19-9-14(17)15-13-8-10(2)20-16-13/h4-8H,3,9H2,1-2H3,(H,15,16,17). The van der Waals surface area contributed by atoms with E-state index < -0.39 is 0 Å². The Balaban J connectivity index is 1.80. The van der Waals surface area contributed by atoms with Crippen molar-refractivity contribution in [3.8, 4) is 11.5 Å². The van der Waals surface area contributed by atoms with E-state index in [9.17, 15) is 4.79 Å². The molecule has 6 nitrogen and oxygen atoms in total. The Morgan fingerprint density at radius 2 is 1.90 bits per heavy atom. The van der Waals surface area contributed by atoms with Gasteiger partial charge in [0.05, 0.1) is 6.61 Å². The van der Waals surface area contributed by atoms with Crippen molar-refractivity contribution in [2.45, 2.75) is 13.8 Å². The van der Waals surface area contributed by atoms with Crippen LogP contribution in [0.25, 0.3) is 0 Å². The van der Waals surface area contributed by atoms with Gasteiger partial charge in [0, 0.05) is 6.07 Å². The zero-order chi connectivity index (χ0) is 14.4. The van der Waals surface area contributed by atoms with Crippen LogP contribution < -0.4 is 14.8 Å². The molecule has 0 aliphatic rings. The highest BCUT2D eigenvalue weighted by atomic mass is 16.5. The van der Waals surface area contributed by atoms with Crippen molar-refractivity contribution in [3.63, 3.8) is 0 Å². The molecule has 0 saturated heterocycles. The Hall–Kier alpha value is -2.50. The third-order valence-corrected chi connectivity index (χ3v) is 2.40. The SMILES string of the molecule is CCOc1ccc(OCC(=O)Nc2cc(C)on2)cc1. The van der Waals surface area contributed by atoms with E-state index in [1.807, 2.05) is 6.92 Å². The van der Waals surface area contributed by atoms with Crippen LogP contribution in [0.4, 0.5) is 5.82 Å². The first-order valence-corrected chi connectivity index (χ1v) is 6.26. The van der Waals surface area contributed by atoms with E-state index in [0.29, 0.717) is 23.9 Å². The van der Waals surface area contributed by atoms with Crippen molar-refractivity contribution in [1.82, 2.24) is 5.16 Å². The molecule has 6 heteroatoms. The van der Waals surface area contributed by atoms with Crippen LogP contribution in [-0.2, 0) is 4.79 Å². The predicted octanol–water partition coefficient (Wildman–Crippen LogP) is 2.40.